The number of carbonyl (C=O) groups excluding carboxylic acids is 1. The number of anilines is 1. The molecule has 0 aliphatic carbocycles. The minimum absolute atomic E-state index is 0.0471. The molecule has 166 valence electrons. The Bertz CT molecular complexity index is 1070. The summed E-state index contributed by atoms with van der Waals surface area (Å²) in [5.74, 6) is 1.28. The molecule has 5 nitrogen and oxygen atoms in total. The van der Waals surface area contributed by atoms with Crippen molar-refractivity contribution in [1.82, 2.24) is 5.32 Å². The van der Waals surface area contributed by atoms with Crippen molar-refractivity contribution < 1.29 is 18.7 Å². The molecule has 0 saturated carbocycles. The van der Waals surface area contributed by atoms with Crippen molar-refractivity contribution in [3.8, 4) is 11.5 Å². The van der Waals surface area contributed by atoms with E-state index in [0.29, 0.717) is 26.1 Å². The number of hydrogen-bond donors (Lipinski definition) is 1. The minimum atomic E-state index is -0.263. The van der Waals surface area contributed by atoms with Gasteiger partial charge in [-0.2, -0.15) is 0 Å². The molecule has 0 spiro atoms. The first-order chi connectivity index (χ1) is 15.5. The standard InChI is InChI=1S/C26H27FN2O3/c1-18-3-12-24-25(13-18)32-17-22(29(24)16-20-4-8-21(27)9-5-20)14-26(30)28-15-19-6-10-23(31-2)11-7-19/h3-13,22H,14-17H2,1-2H3,(H,28,30)/t22-/m0/s1. The lowest BCUT2D eigenvalue weighted by atomic mass is 10.0. The topological polar surface area (TPSA) is 50.8 Å². The van der Waals surface area contributed by atoms with E-state index in [1.165, 1.54) is 12.1 Å². The van der Waals surface area contributed by atoms with Gasteiger partial charge in [0.25, 0.3) is 0 Å². The zero-order chi connectivity index (χ0) is 22.5. The number of nitrogens with one attached hydrogen (secondary N) is 1. The number of halogens is 1. The maximum atomic E-state index is 13.4. The van der Waals surface area contributed by atoms with Crippen LogP contribution in [-0.4, -0.2) is 25.7 Å². The Morgan fingerprint density at radius 2 is 1.81 bits per heavy atom. The highest BCUT2D eigenvalue weighted by Gasteiger charge is 2.29. The molecular weight excluding hydrogens is 407 g/mol. The number of hydrogen-bond acceptors (Lipinski definition) is 4. The van der Waals surface area contributed by atoms with E-state index in [0.717, 1.165) is 33.9 Å². The third-order valence-corrected chi connectivity index (χ3v) is 5.63. The van der Waals surface area contributed by atoms with Crippen LogP contribution in [0.1, 0.15) is 23.1 Å². The number of rotatable bonds is 7. The van der Waals surface area contributed by atoms with Gasteiger partial charge in [0.05, 0.1) is 25.3 Å². The van der Waals surface area contributed by atoms with E-state index in [1.54, 1.807) is 19.2 Å². The van der Waals surface area contributed by atoms with Gasteiger partial charge < -0.3 is 19.7 Å². The van der Waals surface area contributed by atoms with Gasteiger partial charge in [-0.15, -0.1) is 0 Å². The Morgan fingerprint density at radius 1 is 1.09 bits per heavy atom. The van der Waals surface area contributed by atoms with Crippen molar-refractivity contribution in [2.24, 2.45) is 0 Å². The maximum absolute atomic E-state index is 13.4. The summed E-state index contributed by atoms with van der Waals surface area (Å²) in [6.07, 6.45) is 0.296. The van der Waals surface area contributed by atoms with Crippen LogP contribution in [-0.2, 0) is 17.9 Å². The zero-order valence-corrected chi connectivity index (χ0v) is 18.3. The lowest BCUT2D eigenvalue weighted by Crippen LogP contribution is -2.45. The van der Waals surface area contributed by atoms with E-state index in [4.69, 9.17) is 9.47 Å². The maximum Gasteiger partial charge on any atom is 0.222 e. The van der Waals surface area contributed by atoms with Gasteiger partial charge in [0.15, 0.2) is 0 Å². The molecule has 0 radical (unpaired) electrons. The number of aryl methyl sites for hydroxylation is 1. The molecule has 1 atom stereocenters. The number of ether oxygens (including phenoxy) is 2. The average Bonchev–Trinajstić information content (AvgIpc) is 2.81. The predicted octanol–water partition coefficient (Wildman–Crippen LogP) is 4.62. The van der Waals surface area contributed by atoms with Crippen LogP contribution < -0.4 is 19.7 Å². The molecule has 1 aliphatic rings. The quantitative estimate of drug-likeness (QED) is 0.590. The Hall–Kier alpha value is -3.54. The Balaban J connectivity index is 1.46. The fraction of sp³-hybridized carbons (Fsp3) is 0.269. The summed E-state index contributed by atoms with van der Waals surface area (Å²) in [6.45, 7) is 3.44. The van der Waals surface area contributed by atoms with E-state index in [-0.39, 0.29) is 17.8 Å². The van der Waals surface area contributed by atoms with Gasteiger partial charge in [0, 0.05) is 13.1 Å². The van der Waals surface area contributed by atoms with E-state index < -0.39 is 0 Å². The van der Waals surface area contributed by atoms with Crippen LogP contribution in [0.2, 0.25) is 0 Å². The van der Waals surface area contributed by atoms with Crippen LogP contribution in [0.25, 0.3) is 0 Å². The van der Waals surface area contributed by atoms with Crippen LogP contribution in [0.4, 0.5) is 10.1 Å². The molecule has 0 unspecified atom stereocenters. The van der Waals surface area contributed by atoms with Crippen molar-refractivity contribution >= 4 is 11.6 Å². The van der Waals surface area contributed by atoms with Gasteiger partial charge >= 0.3 is 0 Å². The molecule has 6 heteroatoms. The first-order valence-electron chi connectivity index (χ1n) is 10.7. The molecule has 32 heavy (non-hydrogen) atoms. The predicted molar refractivity (Wildman–Crippen MR) is 123 cm³/mol. The molecule has 4 rings (SSSR count). The van der Waals surface area contributed by atoms with Crippen LogP contribution in [0.15, 0.2) is 66.7 Å². The van der Waals surface area contributed by atoms with Crippen LogP contribution in [0.5, 0.6) is 11.5 Å². The number of methoxy groups -OCH3 is 1. The van der Waals surface area contributed by atoms with E-state index in [9.17, 15) is 9.18 Å². The van der Waals surface area contributed by atoms with Gasteiger partial charge in [0.2, 0.25) is 5.91 Å². The molecule has 0 saturated heterocycles. The fourth-order valence-electron chi connectivity index (χ4n) is 3.85. The summed E-state index contributed by atoms with van der Waals surface area (Å²) >= 11 is 0. The smallest absolute Gasteiger partial charge is 0.222 e. The van der Waals surface area contributed by atoms with Crippen molar-refractivity contribution in [2.75, 3.05) is 18.6 Å². The monoisotopic (exact) mass is 434 g/mol. The van der Waals surface area contributed by atoms with Gasteiger partial charge in [-0.3, -0.25) is 4.79 Å². The Labute approximate surface area is 187 Å². The van der Waals surface area contributed by atoms with E-state index in [2.05, 4.69) is 10.2 Å². The molecule has 1 aliphatic heterocycles. The second kappa shape index (κ2) is 9.73. The van der Waals surface area contributed by atoms with E-state index in [1.807, 2.05) is 49.4 Å². The number of carbonyl (C=O) groups is 1. The van der Waals surface area contributed by atoms with Crippen molar-refractivity contribution in [2.45, 2.75) is 32.5 Å². The Kier molecular flexibility index (Phi) is 6.59. The van der Waals surface area contributed by atoms with Crippen LogP contribution >= 0.6 is 0 Å². The fourth-order valence-corrected chi connectivity index (χ4v) is 3.85. The normalized spacial score (nSPS) is 15.0. The third kappa shape index (κ3) is 5.19. The largest absolute Gasteiger partial charge is 0.497 e. The summed E-state index contributed by atoms with van der Waals surface area (Å²) in [4.78, 5) is 14.9. The summed E-state index contributed by atoms with van der Waals surface area (Å²) in [7, 11) is 1.63. The molecule has 0 aromatic heterocycles. The molecule has 1 heterocycles. The molecule has 1 N–H and O–H groups in total. The van der Waals surface area contributed by atoms with Crippen LogP contribution in [0.3, 0.4) is 0 Å². The average molecular weight is 435 g/mol. The SMILES string of the molecule is COc1ccc(CNC(=O)C[C@H]2COc3cc(C)ccc3N2Cc2ccc(F)cc2)cc1. The first-order valence-corrected chi connectivity index (χ1v) is 10.7. The van der Waals surface area contributed by atoms with Crippen molar-refractivity contribution in [3.63, 3.8) is 0 Å². The highest BCUT2D eigenvalue weighted by atomic mass is 19.1. The highest BCUT2D eigenvalue weighted by Crippen LogP contribution is 2.36. The van der Waals surface area contributed by atoms with Gasteiger partial charge in [-0.1, -0.05) is 30.3 Å². The number of benzene rings is 3. The Morgan fingerprint density at radius 3 is 2.53 bits per heavy atom. The number of amides is 1. The summed E-state index contributed by atoms with van der Waals surface area (Å²) < 4.78 is 24.5. The zero-order valence-electron chi connectivity index (χ0n) is 18.3. The number of nitrogens with zero attached hydrogens (tertiary/aromatic N) is 1. The summed E-state index contributed by atoms with van der Waals surface area (Å²) in [5.41, 5.74) is 4.03. The van der Waals surface area contributed by atoms with Gasteiger partial charge in [-0.25, -0.2) is 4.39 Å². The lowest BCUT2D eigenvalue weighted by Gasteiger charge is -2.38. The molecule has 3 aromatic carbocycles. The third-order valence-electron chi connectivity index (χ3n) is 5.63. The molecule has 1 amide bonds. The lowest BCUT2D eigenvalue weighted by molar-refractivity contribution is -0.121. The molecular formula is C26H27FN2O3. The summed E-state index contributed by atoms with van der Waals surface area (Å²) in [5, 5.41) is 3.00. The van der Waals surface area contributed by atoms with Crippen molar-refractivity contribution in [1.29, 1.82) is 0 Å². The molecule has 0 fully saturated rings. The highest BCUT2D eigenvalue weighted by molar-refractivity contribution is 5.77. The molecule has 3 aromatic rings. The number of fused-ring (bicyclic) bond motifs is 1. The van der Waals surface area contributed by atoms with Crippen molar-refractivity contribution in [3.05, 3.63) is 89.2 Å². The summed E-state index contributed by atoms with van der Waals surface area (Å²) in [6, 6.07) is 20.0. The molecule has 0 bridgehead atoms. The minimum Gasteiger partial charge on any atom is -0.497 e. The second-order valence-electron chi connectivity index (χ2n) is 8.02. The van der Waals surface area contributed by atoms with Gasteiger partial charge in [0.1, 0.15) is 23.9 Å². The van der Waals surface area contributed by atoms with E-state index >= 15 is 0 Å². The van der Waals surface area contributed by atoms with Gasteiger partial charge in [-0.05, 0) is 60.0 Å². The van der Waals surface area contributed by atoms with Crippen LogP contribution in [0, 0.1) is 12.7 Å². The first kappa shape index (κ1) is 21.7. The second-order valence-corrected chi connectivity index (χ2v) is 8.02.